The first-order valence-corrected chi connectivity index (χ1v) is 4.44. The van der Waals surface area contributed by atoms with Crippen LogP contribution in [0.2, 0.25) is 0 Å². The van der Waals surface area contributed by atoms with E-state index < -0.39 is 0 Å². The summed E-state index contributed by atoms with van der Waals surface area (Å²) in [4.78, 5) is 0. The molecule has 0 spiro atoms. The molecule has 0 aliphatic heterocycles. The number of nitriles is 1. The molecule has 0 fully saturated rings. The van der Waals surface area contributed by atoms with Crippen LogP contribution in [-0.2, 0) is 0 Å². The van der Waals surface area contributed by atoms with Gasteiger partial charge in [-0.1, -0.05) is 39.0 Å². The van der Waals surface area contributed by atoms with Gasteiger partial charge in [-0.15, -0.1) is 0 Å². The Balaban J connectivity index is 2.82. The van der Waals surface area contributed by atoms with Crippen molar-refractivity contribution in [2.75, 3.05) is 0 Å². The van der Waals surface area contributed by atoms with Crippen LogP contribution >= 0.6 is 0 Å². The SMILES string of the molecule is CC(C)C1=CC(C#N)C(C)C=C1. The van der Waals surface area contributed by atoms with E-state index in [0.717, 1.165) is 0 Å². The Hall–Kier alpha value is -1.03. The molecule has 64 valence electrons. The van der Waals surface area contributed by atoms with E-state index in [1.54, 1.807) is 0 Å². The van der Waals surface area contributed by atoms with Crippen molar-refractivity contribution in [3.63, 3.8) is 0 Å². The van der Waals surface area contributed by atoms with E-state index in [1.165, 1.54) is 5.57 Å². The molecule has 1 nitrogen and oxygen atoms in total. The van der Waals surface area contributed by atoms with Crippen molar-refractivity contribution in [2.45, 2.75) is 20.8 Å². The highest BCUT2D eigenvalue weighted by atomic mass is 14.3. The van der Waals surface area contributed by atoms with Gasteiger partial charge in [0.25, 0.3) is 0 Å². The summed E-state index contributed by atoms with van der Waals surface area (Å²) < 4.78 is 0. The van der Waals surface area contributed by atoms with E-state index in [0.29, 0.717) is 11.8 Å². The zero-order chi connectivity index (χ0) is 9.14. The van der Waals surface area contributed by atoms with Crippen LogP contribution in [0, 0.1) is 29.1 Å². The highest BCUT2D eigenvalue weighted by Crippen LogP contribution is 2.25. The number of hydrogen-bond acceptors (Lipinski definition) is 1. The van der Waals surface area contributed by atoms with Gasteiger partial charge in [0, 0.05) is 0 Å². The second-order valence-electron chi connectivity index (χ2n) is 3.69. The van der Waals surface area contributed by atoms with Gasteiger partial charge in [-0.3, -0.25) is 0 Å². The maximum Gasteiger partial charge on any atom is 0.0709 e. The van der Waals surface area contributed by atoms with E-state index in [9.17, 15) is 0 Å². The molecule has 0 radical (unpaired) electrons. The Morgan fingerprint density at radius 3 is 2.67 bits per heavy atom. The van der Waals surface area contributed by atoms with E-state index in [2.05, 4.69) is 45.1 Å². The van der Waals surface area contributed by atoms with Gasteiger partial charge < -0.3 is 0 Å². The third kappa shape index (κ3) is 1.76. The maximum absolute atomic E-state index is 8.83. The number of hydrogen-bond donors (Lipinski definition) is 0. The first-order valence-electron chi connectivity index (χ1n) is 4.44. The molecule has 1 heteroatoms. The Kier molecular flexibility index (Phi) is 2.70. The smallest absolute Gasteiger partial charge is 0.0709 e. The third-order valence-corrected chi connectivity index (χ3v) is 2.35. The number of nitrogens with zero attached hydrogens (tertiary/aromatic N) is 1. The minimum absolute atomic E-state index is 0.0763. The molecule has 0 amide bonds. The molecule has 0 N–H and O–H groups in total. The van der Waals surface area contributed by atoms with Gasteiger partial charge in [-0.25, -0.2) is 0 Å². The van der Waals surface area contributed by atoms with E-state index in [4.69, 9.17) is 5.26 Å². The second kappa shape index (κ2) is 3.58. The fourth-order valence-electron chi connectivity index (χ4n) is 1.34. The summed E-state index contributed by atoms with van der Waals surface area (Å²) in [5.41, 5.74) is 1.29. The van der Waals surface area contributed by atoms with Crippen molar-refractivity contribution in [2.24, 2.45) is 17.8 Å². The summed E-state index contributed by atoms with van der Waals surface area (Å²) >= 11 is 0. The van der Waals surface area contributed by atoms with E-state index in [1.807, 2.05) is 0 Å². The average molecular weight is 161 g/mol. The molecule has 0 bridgehead atoms. The Labute approximate surface area is 74.4 Å². The molecule has 0 heterocycles. The largest absolute Gasteiger partial charge is 0.198 e. The van der Waals surface area contributed by atoms with E-state index in [-0.39, 0.29) is 5.92 Å². The van der Waals surface area contributed by atoms with Crippen molar-refractivity contribution < 1.29 is 0 Å². The molecule has 2 unspecified atom stereocenters. The van der Waals surface area contributed by atoms with Gasteiger partial charge in [0.15, 0.2) is 0 Å². The molecule has 2 atom stereocenters. The molecule has 1 aliphatic rings. The lowest BCUT2D eigenvalue weighted by Gasteiger charge is -2.18. The van der Waals surface area contributed by atoms with Crippen LogP contribution in [0.4, 0.5) is 0 Å². The lowest BCUT2D eigenvalue weighted by atomic mass is 9.85. The molecular formula is C11H15N. The first kappa shape index (κ1) is 9.06. The molecule has 1 rings (SSSR count). The van der Waals surface area contributed by atoms with Gasteiger partial charge in [-0.2, -0.15) is 5.26 Å². The summed E-state index contributed by atoms with van der Waals surface area (Å²) in [6.45, 7) is 6.39. The molecule has 0 saturated heterocycles. The van der Waals surface area contributed by atoms with Crippen molar-refractivity contribution in [1.82, 2.24) is 0 Å². The predicted molar refractivity (Wildman–Crippen MR) is 50.3 cm³/mol. The minimum atomic E-state index is 0.0763. The van der Waals surface area contributed by atoms with Gasteiger partial charge in [-0.05, 0) is 17.4 Å². The van der Waals surface area contributed by atoms with Gasteiger partial charge >= 0.3 is 0 Å². The van der Waals surface area contributed by atoms with Gasteiger partial charge in [0.05, 0.1) is 12.0 Å². The minimum Gasteiger partial charge on any atom is -0.198 e. The number of rotatable bonds is 1. The fourth-order valence-corrected chi connectivity index (χ4v) is 1.34. The normalized spacial score (nSPS) is 28.4. The maximum atomic E-state index is 8.83. The van der Waals surface area contributed by atoms with Crippen LogP contribution in [0.5, 0.6) is 0 Å². The predicted octanol–water partition coefficient (Wildman–Crippen LogP) is 2.91. The standard InChI is InChI=1S/C11H15N/c1-8(2)10-5-4-9(3)11(6-10)7-12/h4-6,8-9,11H,1-3H3. The summed E-state index contributed by atoms with van der Waals surface area (Å²) in [6.07, 6.45) is 6.36. The van der Waals surface area contributed by atoms with Crippen LogP contribution in [0.1, 0.15) is 20.8 Å². The van der Waals surface area contributed by atoms with Crippen LogP contribution in [-0.4, -0.2) is 0 Å². The van der Waals surface area contributed by atoms with Crippen LogP contribution < -0.4 is 0 Å². The third-order valence-electron chi connectivity index (χ3n) is 2.35. The molecule has 0 aromatic heterocycles. The first-order chi connectivity index (χ1) is 5.65. The molecule has 0 saturated carbocycles. The lowest BCUT2D eigenvalue weighted by Crippen LogP contribution is -2.10. The zero-order valence-electron chi connectivity index (χ0n) is 7.91. The molecule has 1 aliphatic carbocycles. The van der Waals surface area contributed by atoms with Gasteiger partial charge in [0.1, 0.15) is 0 Å². The Bertz CT molecular complexity index is 253. The molecule has 0 aromatic rings. The topological polar surface area (TPSA) is 23.8 Å². The fraction of sp³-hybridized carbons (Fsp3) is 0.545. The Morgan fingerprint density at radius 2 is 2.17 bits per heavy atom. The van der Waals surface area contributed by atoms with Crippen molar-refractivity contribution in [1.29, 1.82) is 5.26 Å². The van der Waals surface area contributed by atoms with Crippen molar-refractivity contribution in [3.8, 4) is 6.07 Å². The monoisotopic (exact) mass is 161 g/mol. The summed E-state index contributed by atoms with van der Waals surface area (Å²) in [7, 11) is 0. The second-order valence-corrected chi connectivity index (χ2v) is 3.69. The van der Waals surface area contributed by atoms with Crippen LogP contribution in [0.25, 0.3) is 0 Å². The molecular weight excluding hydrogens is 146 g/mol. The van der Waals surface area contributed by atoms with Crippen LogP contribution in [0.15, 0.2) is 23.8 Å². The van der Waals surface area contributed by atoms with E-state index >= 15 is 0 Å². The van der Waals surface area contributed by atoms with Crippen molar-refractivity contribution >= 4 is 0 Å². The number of allylic oxidation sites excluding steroid dienone is 4. The lowest BCUT2D eigenvalue weighted by molar-refractivity contribution is 0.598. The van der Waals surface area contributed by atoms with Crippen LogP contribution in [0.3, 0.4) is 0 Å². The summed E-state index contributed by atoms with van der Waals surface area (Å²) in [5, 5.41) is 8.83. The van der Waals surface area contributed by atoms with Gasteiger partial charge in [0.2, 0.25) is 0 Å². The molecule has 0 aromatic carbocycles. The quantitative estimate of drug-likeness (QED) is 0.580. The molecule has 12 heavy (non-hydrogen) atoms. The Morgan fingerprint density at radius 1 is 1.50 bits per heavy atom. The van der Waals surface area contributed by atoms with Crippen molar-refractivity contribution in [3.05, 3.63) is 23.8 Å². The summed E-state index contributed by atoms with van der Waals surface area (Å²) in [5.74, 6) is 0.981. The highest BCUT2D eigenvalue weighted by molar-refractivity contribution is 5.29. The summed E-state index contributed by atoms with van der Waals surface area (Å²) in [6, 6.07) is 2.31. The zero-order valence-corrected chi connectivity index (χ0v) is 7.91. The highest BCUT2D eigenvalue weighted by Gasteiger charge is 2.16. The average Bonchev–Trinajstić information content (AvgIpc) is 2.05.